The van der Waals surface area contributed by atoms with Crippen molar-refractivity contribution in [2.75, 3.05) is 5.01 Å². The van der Waals surface area contributed by atoms with Crippen LogP contribution in [0, 0.1) is 0 Å². The van der Waals surface area contributed by atoms with E-state index < -0.39 is 23.9 Å². The summed E-state index contributed by atoms with van der Waals surface area (Å²) in [4.78, 5) is 2.80. The van der Waals surface area contributed by atoms with Crippen LogP contribution >= 0.6 is 0 Å². The standard InChI is InChI=1S/C11H9F6N3/c1-7-18-9(10(12,13)14,11(15,16)17)19-20(7)8-5-3-2-4-6-8/h2-6,19H,1H3. The van der Waals surface area contributed by atoms with Crippen molar-refractivity contribution in [3.8, 4) is 0 Å². The molecule has 0 bridgehead atoms. The minimum atomic E-state index is -5.62. The Morgan fingerprint density at radius 3 is 1.90 bits per heavy atom. The predicted octanol–water partition coefficient (Wildman–Crippen LogP) is 3.25. The summed E-state index contributed by atoms with van der Waals surface area (Å²) in [5, 5.41) is 0.668. The number of anilines is 1. The van der Waals surface area contributed by atoms with Crippen LogP contribution in [0.5, 0.6) is 0 Å². The molecule has 3 nitrogen and oxygen atoms in total. The van der Waals surface area contributed by atoms with Gasteiger partial charge in [0.05, 0.1) is 5.69 Å². The highest BCUT2D eigenvalue weighted by molar-refractivity contribution is 5.97. The number of rotatable bonds is 1. The highest BCUT2D eigenvalue weighted by Crippen LogP contribution is 2.46. The van der Waals surface area contributed by atoms with Crippen molar-refractivity contribution in [2.45, 2.75) is 24.9 Å². The van der Waals surface area contributed by atoms with Crippen LogP contribution in [0.25, 0.3) is 0 Å². The number of hydrazine groups is 1. The highest BCUT2D eigenvalue weighted by atomic mass is 19.4. The number of hydrogen-bond donors (Lipinski definition) is 1. The van der Waals surface area contributed by atoms with Gasteiger partial charge in [0.2, 0.25) is 0 Å². The average Bonchev–Trinajstić information content (AvgIpc) is 2.68. The Hall–Kier alpha value is -1.77. The zero-order chi connectivity index (χ0) is 15.2. The second kappa shape index (κ2) is 4.37. The third kappa shape index (κ3) is 2.11. The van der Waals surface area contributed by atoms with Gasteiger partial charge in [-0.25, -0.2) is 4.99 Å². The van der Waals surface area contributed by atoms with Gasteiger partial charge in [-0.15, -0.1) is 0 Å². The van der Waals surface area contributed by atoms with Gasteiger partial charge in [-0.1, -0.05) is 18.2 Å². The number of hydrogen-bond acceptors (Lipinski definition) is 3. The number of halogens is 6. The number of para-hydroxylation sites is 1. The maximum absolute atomic E-state index is 12.9. The van der Waals surface area contributed by atoms with Gasteiger partial charge >= 0.3 is 18.0 Å². The molecule has 1 aromatic carbocycles. The van der Waals surface area contributed by atoms with Gasteiger partial charge < -0.3 is 0 Å². The maximum Gasteiger partial charge on any atom is 0.437 e. The molecule has 20 heavy (non-hydrogen) atoms. The summed E-state index contributed by atoms with van der Waals surface area (Å²) in [5.74, 6) is -0.425. The van der Waals surface area contributed by atoms with E-state index in [2.05, 4.69) is 4.99 Å². The van der Waals surface area contributed by atoms with Gasteiger partial charge in [-0.05, 0) is 19.1 Å². The highest BCUT2D eigenvalue weighted by Gasteiger charge is 2.74. The fourth-order valence-corrected chi connectivity index (χ4v) is 1.80. The molecule has 0 atom stereocenters. The molecule has 0 fully saturated rings. The fraction of sp³-hybridized carbons (Fsp3) is 0.364. The van der Waals surface area contributed by atoms with Gasteiger partial charge in [0.1, 0.15) is 5.84 Å². The fourth-order valence-electron chi connectivity index (χ4n) is 1.80. The lowest BCUT2D eigenvalue weighted by atomic mass is 10.1. The predicted molar refractivity (Wildman–Crippen MR) is 60.0 cm³/mol. The lowest BCUT2D eigenvalue weighted by Gasteiger charge is -2.32. The van der Waals surface area contributed by atoms with Crippen molar-refractivity contribution in [2.24, 2.45) is 4.99 Å². The summed E-state index contributed by atoms with van der Waals surface area (Å²) in [6, 6.07) is 7.31. The molecule has 1 heterocycles. The van der Waals surface area contributed by atoms with Crippen LogP contribution in [0.4, 0.5) is 32.0 Å². The quantitative estimate of drug-likeness (QED) is 0.806. The Balaban J connectivity index is 2.47. The van der Waals surface area contributed by atoms with Crippen molar-refractivity contribution in [1.82, 2.24) is 5.43 Å². The molecule has 0 aliphatic carbocycles. The van der Waals surface area contributed by atoms with Crippen LogP contribution in [0.3, 0.4) is 0 Å². The molecule has 0 aromatic heterocycles. The molecule has 0 amide bonds. The molecule has 2 rings (SSSR count). The van der Waals surface area contributed by atoms with Crippen LogP contribution in [-0.2, 0) is 0 Å². The van der Waals surface area contributed by atoms with Crippen LogP contribution in [-0.4, -0.2) is 23.9 Å². The molecule has 0 spiro atoms. The molecule has 9 heteroatoms. The van der Waals surface area contributed by atoms with E-state index in [4.69, 9.17) is 0 Å². The number of benzene rings is 1. The number of amidine groups is 1. The van der Waals surface area contributed by atoms with Crippen molar-refractivity contribution < 1.29 is 26.3 Å². The number of aliphatic imine (C=N–C) groups is 1. The van der Waals surface area contributed by atoms with Gasteiger partial charge in [0.15, 0.2) is 0 Å². The Labute approximate surface area is 109 Å². The van der Waals surface area contributed by atoms with Gasteiger partial charge in [-0.2, -0.15) is 31.8 Å². The van der Waals surface area contributed by atoms with Crippen molar-refractivity contribution in [1.29, 1.82) is 0 Å². The molecule has 1 N–H and O–H groups in total. The Kier molecular flexibility index (Phi) is 3.20. The molecule has 1 aliphatic heterocycles. The second-order valence-electron chi connectivity index (χ2n) is 4.15. The van der Waals surface area contributed by atoms with Gasteiger partial charge in [-0.3, -0.25) is 5.01 Å². The van der Waals surface area contributed by atoms with E-state index in [-0.39, 0.29) is 5.69 Å². The monoisotopic (exact) mass is 297 g/mol. The lowest BCUT2D eigenvalue weighted by Crippen LogP contribution is -2.65. The maximum atomic E-state index is 12.9. The SMILES string of the molecule is CC1=NC(C(F)(F)F)(C(F)(F)F)NN1c1ccccc1. The molecule has 110 valence electrons. The minimum absolute atomic E-state index is 0.129. The summed E-state index contributed by atoms with van der Waals surface area (Å²) < 4.78 is 77.1. The summed E-state index contributed by atoms with van der Waals surface area (Å²) in [6.45, 7) is 1.07. The normalized spacial score (nSPS) is 19.1. The van der Waals surface area contributed by atoms with Crippen molar-refractivity contribution >= 4 is 11.5 Å². The minimum Gasteiger partial charge on any atom is -0.261 e. The largest absolute Gasteiger partial charge is 0.437 e. The summed E-state index contributed by atoms with van der Waals surface area (Å²) in [5.41, 5.74) is -2.76. The Morgan fingerprint density at radius 1 is 1.00 bits per heavy atom. The van der Waals surface area contributed by atoms with E-state index in [9.17, 15) is 26.3 Å². The van der Waals surface area contributed by atoms with Gasteiger partial charge in [0.25, 0.3) is 0 Å². The van der Waals surface area contributed by atoms with E-state index in [1.807, 2.05) is 0 Å². The summed E-state index contributed by atoms with van der Waals surface area (Å²) in [6.07, 6.45) is -11.2. The van der Waals surface area contributed by atoms with E-state index in [1.54, 1.807) is 6.07 Å². The van der Waals surface area contributed by atoms with Crippen LogP contribution in [0.2, 0.25) is 0 Å². The van der Waals surface area contributed by atoms with E-state index >= 15 is 0 Å². The van der Waals surface area contributed by atoms with E-state index in [0.29, 0.717) is 5.01 Å². The third-order valence-electron chi connectivity index (χ3n) is 2.76. The first kappa shape index (κ1) is 14.6. The average molecular weight is 297 g/mol. The van der Waals surface area contributed by atoms with Crippen molar-refractivity contribution in [3.05, 3.63) is 30.3 Å². The van der Waals surface area contributed by atoms with E-state index in [1.165, 1.54) is 29.7 Å². The molecule has 1 aliphatic rings. The number of nitrogens with one attached hydrogen (secondary N) is 1. The van der Waals surface area contributed by atoms with Crippen LogP contribution in [0.15, 0.2) is 35.3 Å². The molecule has 0 saturated heterocycles. The third-order valence-corrected chi connectivity index (χ3v) is 2.76. The number of alkyl halides is 6. The molecule has 1 aromatic rings. The second-order valence-corrected chi connectivity index (χ2v) is 4.15. The Morgan fingerprint density at radius 2 is 1.50 bits per heavy atom. The molecular weight excluding hydrogens is 288 g/mol. The first-order chi connectivity index (χ1) is 9.08. The lowest BCUT2D eigenvalue weighted by molar-refractivity contribution is -0.302. The first-order valence-corrected chi connectivity index (χ1v) is 5.41. The Bertz CT molecular complexity index is 505. The number of nitrogens with zero attached hydrogens (tertiary/aromatic N) is 2. The first-order valence-electron chi connectivity index (χ1n) is 5.41. The van der Waals surface area contributed by atoms with Gasteiger partial charge in [0, 0.05) is 0 Å². The van der Waals surface area contributed by atoms with Crippen LogP contribution < -0.4 is 10.4 Å². The smallest absolute Gasteiger partial charge is 0.261 e. The topological polar surface area (TPSA) is 27.6 Å². The van der Waals surface area contributed by atoms with Crippen molar-refractivity contribution in [3.63, 3.8) is 0 Å². The molecule has 0 unspecified atom stereocenters. The molecule has 0 radical (unpaired) electrons. The zero-order valence-electron chi connectivity index (χ0n) is 10.0. The van der Waals surface area contributed by atoms with E-state index in [0.717, 1.165) is 6.92 Å². The molecular formula is C11H9F6N3. The zero-order valence-corrected chi connectivity index (χ0v) is 10.0. The molecule has 0 saturated carbocycles. The summed E-state index contributed by atoms with van der Waals surface area (Å²) >= 11 is 0. The van der Waals surface area contributed by atoms with Crippen LogP contribution in [0.1, 0.15) is 6.92 Å². The summed E-state index contributed by atoms with van der Waals surface area (Å²) in [7, 11) is 0.